The Kier molecular flexibility index (Phi) is 1.85. The molecule has 0 saturated heterocycles. The topological polar surface area (TPSA) is 33.1 Å². The van der Waals surface area contributed by atoms with Gasteiger partial charge in [-0.2, -0.15) is 0 Å². The number of pyridine rings is 1. The van der Waals surface area contributed by atoms with Gasteiger partial charge in [0.1, 0.15) is 0 Å². The maximum absolute atomic E-state index is 9.80. The number of hydrogen-bond acceptors (Lipinski definition) is 2. The van der Waals surface area contributed by atoms with Gasteiger partial charge in [0.2, 0.25) is 0 Å². The summed E-state index contributed by atoms with van der Waals surface area (Å²) in [5.74, 6) is 0.389. The van der Waals surface area contributed by atoms with Crippen LogP contribution in [0.25, 0.3) is 0 Å². The van der Waals surface area contributed by atoms with Crippen LogP contribution in [0, 0.1) is 5.92 Å². The average molecular weight is 163 g/mol. The summed E-state index contributed by atoms with van der Waals surface area (Å²) in [6, 6.07) is 1.93. The van der Waals surface area contributed by atoms with Crippen molar-refractivity contribution < 1.29 is 5.11 Å². The molecule has 2 unspecified atom stereocenters. The highest BCUT2D eigenvalue weighted by atomic mass is 16.3. The normalized spacial score (nSPS) is 28.2. The molecule has 12 heavy (non-hydrogen) atoms. The third-order valence-corrected chi connectivity index (χ3v) is 2.67. The van der Waals surface area contributed by atoms with Crippen molar-refractivity contribution in [3.05, 3.63) is 29.6 Å². The summed E-state index contributed by atoms with van der Waals surface area (Å²) in [6.45, 7) is 2.09. The van der Waals surface area contributed by atoms with E-state index in [1.54, 1.807) is 6.20 Å². The van der Waals surface area contributed by atoms with Gasteiger partial charge in [-0.05, 0) is 36.0 Å². The lowest BCUT2D eigenvalue weighted by Crippen LogP contribution is -2.17. The molecule has 0 radical (unpaired) electrons. The quantitative estimate of drug-likeness (QED) is 0.631. The van der Waals surface area contributed by atoms with Gasteiger partial charge in [0.05, 0.1) is 6.10 Å². The lowest BCUT2D eigenvalue weighted by molar-refractivity contribution is 0.103. The predicted octanol–water partition coefficient (Wildman–Crippen LogP) is 1.70. The first kappa shape index (κ1) is 7.74. The number of aliphatic hydroxyl groups excluding tert-OH is 1. The summed E-state index contributed by atoms with van der Waals surface area (Å²) in [4.78, 5) is 4.05. The second kappa shape index (κ2) is 2.87. The predicted molar refractivity (Wildman–Crippen MR) is 46.7 cm³/mol. The van der Waals surface area contributed by atoms with E-state index < -0.39 is 0 Å². The van der Waals surface area contributed by atoms with Crippen LogP contribution >= 0.6 is 0 Å². The van der Waals surface area contributed by atoms with E-state index in [1.807, 2.05) is 12.3 Å². The highest BCUT2D eigenvalue weighted by molar-refractivity contribution is 5.28. The van der Waals surface area contributed by atoms with Gasteiger partial charge in [-0.3, -0.25) is 4.98 Å². The van der Waals surface area contributed by atoms with Crippen molar-refractivity contribution in [3.8, 4) is 0 Å². The summed E-state index contributed by atoms with van der Waals surface area (Å²) in [5, 5.41) is 9.80. The maximum Gasteiger partial charge on any atom is 0.0819 e. The molecule has 2 nitrogen and oxygen atoms in total. The zero-order valence-electron chi connectivity index (χ0n) is 7.20. The summed E-state index contributed by atoms with van der Waals surface area (Å²) >= 11 is 0. The van der Waals surface area contributed by atoms with E-state index in [2.05, 4.69) is 11.9 Å². The molecule has 0 bridgehead atoms. The molecule has 0 aromatic carbocycles. The Morgan fingerprint density at radius 2 is 2.42 bits per heavy atom. The number of aryl methyl sites for hydroxylation is 1. The largest absolute Gasteiger partial charge is 0.388 e. The fourth-order valence-corrected chi connectivity index (χ4v) is 1.78. The molecule has 0 aliphatic heterocycles. The Hall–Kier alpha value is -0.890. The van der Waals surface area contributed by atoms with Crippen molar-refractivity contribution >= 4 is 0 Å². The first-order valence-electron chi connectivity index (χ1n) is 4.40. The van der Waals surface area contributed by atoms with Crippen molar-refractivity contribution in [2.75, 3.05) is 0 Å². The summed E-state index contributed by atoms with van der Waals surface area (Å²) in [5.41, 5.74) is 2.28. The standard InChI is InChI=1S/C10H13NO/c1-7-2-3-8-6-11-5-4-9(8)10(7)12/h4-7,10,12H,2-3H2,1H3. The van der Waals surface area contributed by atoms with Crippen LogP contribution in [0.1, 0.15) is 30.6 Å². The molecule has 0 saturated carbocycles. The molecule has 1 aromatic heterocycles. The highest BCUT2D eigenvalue weighted by Crippen LogP contribution is 2.32. The summed E-state index contributed by atoms with van der Waals surface area (Å²) in [7, 11) is 0. The van der Waals surface area contributed by atoms with Crippen molar-refractivity contribution in [2.24, 2.45) is 5.92 Å². The van der Waals surface area contributed by atoms with Crippen LogP contribution in [-0.4, -0.2) is 10.1 Å². The van der Waals surface area contributed by atoms with Crippen molar-refractivity contribution in [3.63, 3.8) is 0 Å². The smallest absolute Gasteiger partial charge is 0.0819 e. The van der Waals surface area contributed by atoms with E-state index in [1.165, 1.54) is 5.56 Å². The van der Waals surface area contributed by atoms with Crippen molar-refractivity contribution in [1.29, 1.82) is 0 Å². The Labute approximate surface area is 72.3 Å². The Balaban J connectivity index is 2.42. The third-order valence-electron chi connectivity index (χ3n) is 2.67. The Morgan fingerprint density at radius 1 is 1.58 bits per heavy atom. The van der Waals surface area contributed by atoms with Crippen molar-refractivity contribution in [1.82, 2.24) is 4.98 Å². The fraction of sp³-hybridized carbons (Fsp3) is 0.500. The van der Waals surface area contributed by atoms with Gasteiger partial charge < -0.3 is 5.11 Å². The number of nitrogens with zero attached hydrogens (tertiary/aromatic N) is 1. The third kappa shape index (κ3) is 1.12. The summed E-state index contributed by atoms with van der Waals surface area (Å²) in [6.07, 6.45) is 5.46. The lowest BCUT2D eigenvalue weighted by atomic mass is 9.84. The molecule has 64 valence electrons. The second-order valence-electron chi connectivity index (χ2n) is 3.54. The van der Waals surface area contributed by atoms with E-state index in [9.17, 15) is 5.11 Å². The molecule has 2 heteroatoms. The first-order valence-corrected chi connectivity index (χ1v) is 4.40. The van der Waals surface area contributed by atoms with Gasteiger partial charge in [0, 0.05) is 12.4 Å². The zero-order valence-corrected chi connectivity index (χ0v) is 7.20. The number of aliphatic hydroxyl groups is 1. The van der Waals surface area contributed by atoms with Gasteiger partial charge in [0.25, 0.3) is 0 Å². The minimum atomic E-state index is -0.281. The number of rotatable bonds is 0. The minimum absolute atomic E-state index is 0.281. The molecule has 0 amide bonds. The molecule has 0 spiro atoms. The Morgan fingerprint density at radius 3 is 3.25 bits per heavy atom. The number of aromatic nitrogens is 1. The van der Waals surface area contributed by atoms with Gasteiger partial charge >= 0.3 is 0 Å². The van der Waals surface area contributed by atoms with Crippen LogP contribution in [0.5, 0.6) is 0 Å². The van der Waals surface area contributed by atoms with Crippen LogP contribution in [0.3, 0.4) is 0 Å². The van der Waals surface area contributed by atoms with E-state index >= 15 is 0 Å². The van der Waals surface area contributed by atoms with Crippen LogP contribution in [0.15, 0.2) is 18.5 Å². The average Bonchev–Trinajstić information content (AvgIpc) is 2.12. The lowest BCUT2D eigenvalue weighted by Gasteiger charge is -2.26. The molecule has 1 aliphatic rings. The van der Waals surface area contributed by atoms with Gasteiger partial charge in [-0.1, -0.05) is 6.92 Å². The monoisotopic (exact) mass is 163 g/mol. The molecule has 1 aliphatic carbocycles. The molecule has 1 heterocycles. The summed E-state index contributed by atoms with van der Waals surface area (Å²) < 4.78 is 0. The molecule has 1 aromatic rings. The van der Waals surface area contributed by atoms with Crippen LogP contribution < -0.4 is 0 Å². The second-order valence-corrected chi connectivity index (χ2v) is 3.54. The van der Waals surface area contributed by atoms with Gasteiger partial charge in [0.15, 0.2) is 0 Å². The highest BCUT2D eigenvalue weighted by Gasteiger charge is 2.23. The minimum Gasteiger partial charge on any atom is -0.388 e. The molecular weight excluding hydrogens is 150 g/mol. The van der Waals surface area contributed by atoms with E-state index in [-0.39, 0.29) is 6.10 Å². The first-order chi connectivity index (χ1) is 5.79. The van der Waals surface area contributed by atoms with E-state index in [0.717, 1.165) is 18.4 Å². The molecule has 0 fully saturated rings. The van der Waals surface area contributed by atoms with Crippen LogP contribution in [0.4, 0.5) is 0 Å². The zero-order chi connectivity index (χ0) is 8.55. The van der Waals surface area contributed by atoms with Gasteiger partial charge in [-0.25, -0.2) is 0 Å². The SMILES string of the molecule is CC1CCc2cnccc2C1O. The molecular formula is C10H13NO. The molecule has 2 rings (SSSR count). The fourth-order valence-electron chi connectivity index (χ4n) is 1.78. The van der Waals surface area contributed by atoms with E-state index in [0.29, 0.717) is 5.92 Å². The Bertz CT molecular complexity index is 285. The van der Waals surface area contributed by atoms with Gasteiger partial charge in [-0.15, -0.1) is 0 Å². The number of fused-ring (bicyclic) bond motifs is 1. The molecule has 2 atom stereocenters. The number of hydrogen-bond donors (Lipinski definition) is 1. The maximum atomic E-state index is 9.80. The van der Waals surface area contributed by atoms with Crippen molar-refractivity contribution in [2.45, 2.75) is 25.9 Å². The molecule has 1 N–H and O–H groups in total. The van der Waals surface area contributed by atoms with Crippen LogP contribution in [0.2, 0.25) is 0 Å². The van der Waals surface area contributed by atoms with E-state index in [4.69, 9.17) is 0 Å². The van der Waals surface area contributed by atoms with Crippen LogP contribution in [-0.2, 0) is 6.42 Å².